The van der Waals surface area contributed by atoms with Gasteiger partial charge in [-0.05, 0) is 37.0 Å². The van der Waals surface area contributed by atoms with Gasteiger partial charge in [0.2, 0.25) is 5.91 Å². The number of anilines is 1. The van der Waals surface area contributed by atoms with Crippen molar-refractivity contribution in [2.75, 3.05) is 31.5 Å². The molecular weight excluding hydrogens is 254 g/mol. The van der Waals surface area contributed by atoms with Crippen molar-refractivity contribution >= 4 is 17.5 Å². The molecule has 2 aliphatic rings. The first-order valence-electron chi connectivity index (χ1n) is 7.17. The highest BCUT2D eigenvalue weighted by atomic mass is 16.2. The van der Waals surface area contributed by atoms with Gasteiger partial charge in [-0.15, -0.1) is 0 Å². The van der Waals surface area contributed by atoms with Crippen LogP contribution < -0.4 is 10.6 Å². The van der Waals surface area contributed by atoms with Crippen molar-refractivity contribution in [1.29, 1.82) is 0 Å². The molecule has 0 spiro atoms. The molecule has 1 fully saturated rings. The summed E-state index contributed by atoms with van der Waals surface area (Å²) in [6.07, 6.45) is 2.77. The van der Waals surface area contributed by atoms with Gasteiger partial charge in [0.25, 0.3) is 5.91 Å². The summed E-state index contributed by atoms with van der Waals surface area (Å²) in [6, 6.07) is 5.79. The fourth-order valence-corrected chi connectivity index (χ4v) is 2.86. The molecule has 2 N–H and O–H groups in total. The van der Waals surface area contributed by atoms with Crippen LogP contribution in [-0.2, 0) is 11.2 Å². The summed E-state index contributed by atoms with van der Waals surface area (Å²) in [6.45, 7) is 2.40. The second-order valence-electron chi connectivity index (χ2n) is 5.29. The third kappa shape index (κ3) is 2.48. The third-order valence-electron chi connectivity index (χ3n) is 3.87. The number of fused-ring (bicyclic) bond motifs is 1. The Kier molecular flexibility index (Phi) is 3.58. The minimum Gasteiger partial charge on any atom is -0.385 e. The zero-order chi connectivity index (χ0) is 13.9. The van der Waals surface area contributed by atoms with Gasteiger partial charge in [0.15, 0.2) is 0 Å². The monoisotopic (exact) mass is 273 g/mol. The van der Waals surface area contributed by atoms with E-state index in [-0.39, 0.29) is 18.4 Å². The van der Waals surface area contributed by atoms with Crippen LogP contribution in [0, 0.1) is 0 Å². The van der Waals surface area contributed by atoms with Crippen molar-refractivity contribution in [3.05, 3.63) is 29.3 Å². The number of carbonyl (C=O) groups excluding carboxylic acids is 2. The number of rotatable bonds is 1. The summed E-state index contributed by atoms with van der Waals surface area (Å²) in [4.78, 5) is 25.9. The van der Waals surface area contributed by atoms with Crippen molar-refractivity contribution < 1.29 is 9.59 Å². The number of hydrogen-bond acceptors (Lipinski definition) is 3. The molecule has 0 unspecified atom stereocenters. The molecule has 2 aliphatic heterocycles. The number of carbonyl (C=O) groups is 2. The van der Waals surface area contributed by atoms with Crippen LogP contribution in [-0.4, -0.2) is 42.9 Å². The van der Waals surface area contributed by atoms with Crippen molar-refractivity contribution in [3.63, 3.8) is 0 Å². The predicted octanol–water partition coefficient (Wildman–Crippen LogP) is 1.01. The topological polar surface area (TPSA) is 61.4 Å². The Hall–Kier alpha value is -2.04. The zero-order valence-electron chi connectivity index (χ0n) is 11.4. The second-order valence-corrected chi connectivity index (χ2v) is 5.29. The van der Waals surface area contributed by atoms with E-state index in [1.165, 1.54) is 0 Å². The van der Waals surface area contributed by atoms with Crippen molar-refractivity contribution in [3.8, 4) is 0 Å². The summed E-state index contributed by atoms with van der Waals surface area (Å²) < 4.78 is 0. The van der Waals surface area contributed by atoms with E-state index in [9.17, 15) is 9.59 Å². The molecule has 1 aromatic rings. The lowest BCUT2D eigenvalue weighted by molar-refractivity contribution is -0.121. The molecule has 0 atom stereocenters. The summed E-state index contributed by atoms with van der Waals surface area (Å²) in [5.74, 6) is -0.0960. The van der Waals surface area contributed by atoms with Gasteiger partial charge in [-0.1, -0.05) is 6.07 Å². The number of benzene rings is 1. The van der Waals surface area contributed by atoms with Crippen LogP contribution in [0.5, 0.6) is 0 Å². The fraction of sp³-hybridized carbons (Fsp3) is 0.467. The van der Waals surface area contributed by atoms with E-state index in [1.54, 1.807) is 4.90 Å². The lowest BCUT2D eigenvalue weighted by atomic mass is 9.97. The Bertz CT molecular complexity index is 542. The van der Waals surface area contributed by atoms with E-state index in [1.807, 2.05) is 18.2 Å². The van der Waals surface area contributed by atoms with Gasteiger partial charge < -0.3 is 15.5 Å². The van der Waals surface area contributed by atoms with Gasteiger partial charge in [-0.3, -0.25) is 9.59 Å². The minimum atomic E-state index is -0.0706. The van der Waals surface area contributed by atoms with Crippen LogP contribution in [0.25, 0.3) is 0 Å². The SMILES string of the molecule is O=C1CN(C(=O)c2cccc3c2CCCN3)CCCN1. The van der Waals surface area contributed by atoms with Gasteiger partial charge in [0.1, 0.15) is 0 Å². The first kappa shape index (κ1) is 13.0. The molecule has 0 bridgehead atoms. The maximum Gasteiger partial charge on any atom is 0.254 e. The smallest absolute Gasteiger partial charge is 0.254 e. The Morgan fingerprint density at radius 3 is 2.90 bits per heavy atom. The molecule has 2 amide bonds. The molecule has 0 aromatic heterocycles. The largest absolute Gasteiger partial charge is 0.385 e. The Balaban J connectivity index is 1.88. The van der Waals surface area contributed by atoms with Gasteiger partial charge in [0.05, 0.1) is 6.54 Å². The predicted molar refractivity (Wildman–Crippen MR) is 76.8 cm³/mol. The summed E-state index contributed by atoms with van der Waals surface area (Å²) >= 11 is 0. The molecule has 2 heterocycles. The molecule has 5 nitrogen and oxygen atoms in total. The molecule has 0 radical (unpaired) electrons. The van der Waals surface area contributed by atoms with Crippen LogP contribution in [0.2, 0.25) is 0 Å². The van der Waals surface area contributed by atoms with Gasteiger partial charge in [0, 0.05) is 30.9 Å². The van der Waals surface area contributed by atoms with Gasteiger partial charge >= 0.3 is 0 Å². The number of nitrogens with one attached hydrogen (secondary N) is 2. The minimum absolute atomic E-state index is 0.0254. The van der Waals surface area contributed by atoms with E-state index in [2.05, 4.69) is 10.6 Å². The fourth-order valence-electron chi connectivity index (χ4n) is 2.86. The standard InChI is InChI=1S/C15H19N3O2/c19-14-10-18(9-3-8-17-14)15(20)12-4-1-6-13-11(12)5-2-7-16-13/h1,4,6,16H,2-3,5,7-10H2,(H,17,19). The first-order valence-corrected chi connectivity index (χ1v) is 7.17. The second kappa shape index (κ2) is 5.53. The Labute approximate surface area is 118 Å². The highest BCUT2D eigenvalue weighted by molar-refractivity contribution is 5.99. The van der Waals surface area contributed by atoms with Gasteiger partial charge in [-0.25, -0.2) is 0 Å². The maximum atomic E-state index is 12.7. The van der Waals surface area contributed by atoms with Crippen molar-refractivity contribution in [2.24, 2.45) is 0 Å². The molecule has 0 aliphatic carbocycles. The number of nitrogens with zero attached hydrogens (tertiary/aromatic N) is 1. The van der Waals surface area contributed by atoms with Crippen LogP contribution in [0.15, 0.2) is 18.2 Å². The molecular formula is C15H19N3O2. The quantitative estimate of drug-likeness (QED) is 0.802. The summed E-state index contributed by atoms with van der Waals surface area (Å²) in [7, 11) is 0. The van der Waals surface area contributed by atoms with E-state index < -0.39 is 0 Å². The molecule has 106 valence electrons. The molecule has 20 heavy (non-hydrogen) atoms. The van der Waals surface area contributed by atoms with Crippen LogP contribution in [0.3, 0.4) is 0 Å². The molecule has 3 rings (SSSR count). The third-order valence-corrected chi connectivity index (χ3v) is 3.87. The van der Waals surface area contributed by atoms with E-state index in [4.69, 9.17) is 0 Å². The van der Waals surface area contributed by atoms with E-state index in [0.717, 1.165) is 42.6 Å². The Morgan fingerprint density at radius 1 is 1.15 bits per heavy atom. The van der Waals surface area contributed by atoms with Crippen LogP contribution in [0.4, 0.5) is 5.69 Å². The first-order chi connectivity index (χ1) is 9.75. The maximum absolute atomic E-state index is 12.7. The van der Waals surface area contributed by atoms with E-state index >= 15 is 0 Å². The van der Waals surface area contributed by atoms with E-state index in [0.29, 0.717) is 13.1 Å². The number of amides is 2. The molecule has 0 saturated carbocycles. The van der Waals surface area contributed by atoms with Crippen LogP contribution in [0.1, 0.15) is 28.8 Å². The zero-order valence-corrected chi connectivity index (χ0v) is 11.4. The summed E-state index contributed by atoms with van der Waals surface area (Å²) in [5.41, 5.74) is 2.89. The van der Waals surface area contributed by atoms with Gasteiger partial charge in [-0.2, -0.15) is 0 Å². The molecule has 5 heteroatoms. The lowest BCUT2D eigenvalue weighted by Crippen LogP contribution is -2.38. The molecule has 1 saturated heterocycles. The average Bonchev–Trinajstić information content (AvgIpc) is 2.70. The number of hydrogen-bond donors (Lipinski definition) is 2. The molecule has 1 aromatic carbocycles. The average molecular weight is 273 g/mol. The van der Waals surface area contributed by atoms with Crippen molar-refractivity contribution in [2.45, 2.75) is 19.3 Å². The highest BCUT2D eigenvalue weighted by Crippen LogP contribution is 2.26. The summed E-state index contributed by atoms with van der Waals surface area (Å²) in [5, 5.41) is 6.13. The van der Waals surface area contributed by atoms with Crippen LogP contribution >= 0.6 is 0 Å². The normalized spacial score (nSPS) is 18.6. The van der Waals surface area contributed by atoms with Crippen molar-refractivity contribution in [1.82, 2.24) is 10.2 Å². The lowest BCUT2D eigenvalue weighted by Gasteiger charge is -2.24. The Morgan fingerprint density at radius 2 is 2.00 bits per heavy atom. The highest BCUT2D eigenvalue weighted by Gasteiger charge is 2.24.